The third kappa shape index (κ3) is 3.00. The fourth-order valence-corrected chi connectivity index (χ4v) is 10.8. The number of hydrogen-bond donors (Lipinski definition) is 2. The molecule has 1 aliphatic heterocycles. The van der Waals surface area contributed by atoms with Crippen molar-refractivity contribution in [2.75, 3.05) is 0 Å². The summed E-state index contributed by atoms with van der Waals surface area (Å²) in [4.78, 5) is 12.9. The number of aliphatic hydroxyl groups excluding tert-OH is 2. The average Bonchev–Trinajstić information content (AvgIpc) is 3.08. The standard InChI is InChI=1S/C30H48O4/c1-25(2)12-9-13-30(8,34-25)18-10-14-29(7)23(18)19(31)16-22-27(5)17-20(32)24(33)26(3,4)21(27)11-15-28(22,29)6/h17-19,21-23,31-32H,9-16H2,1-8H3/t18-,19+,21?,22?,23?,27-,28+,29+,30+/m0/s1. The van der Waals surface area contributed by atoms with Crippen LogP contribution in [0.3, 0.4) is 0 Å². The molecule has 4 fully saturated rings. The second-order valence-electron chi connectivity index (χ2n) is 14.9. The molecule has 1 saturated heterocycles. The minimum absolute atomic E-state index is 0.0109. The summed E-state index contributed by atoms with van der Waals surface area (Å²) < 4.78 is 6.82. The van der Waals surface area contributed by atoms with Crippen molar-refractivity contribution in [1.82, 2.24) is 0 Å². The van der Waals surface area contributed by atoms with Crippen LogP contribution in [0.4, 0.5) is 0 Å². The van der Waals surface area contributed by atoms with Gasteiger partial charge in [0.2, 0.25) is 5.78 Å². The molecule has 4 aliphatic carbocycles. The number of allylic oxidation sites excluding steroid dienone is 2. The fourth-order valence-electron chi connectivity index (χ4n) is 10.8. The van der Waals surface area contributed by atoms with Gasteiger partial charge in [-0.1, -0.05) is 34.6 Å². The smallest absolute Gasteiger partial charge is 0.202 e. The Balaban J connectivity index is 1.56. The van der Waals surface area contributed by atoms with Gasteiger partial charge in [0.25, 0.3) is 0 Å². The molecule has 5 aliphatic rings. The second-order valence-corrected chi connectivity index (χ2v) is 14.9. The van der Waals surface area contributed by atoms with Crippen LogP contribution in [-0.4, -0.2) is 33.3 Å². The summed E-state index contributed by atoms with van der Waals surface area (Å²) in [6.45, 7) is 18.0. The summed E-state index contributed by atoms with van der Waals surface area (Å²) in [7, 11) is 0. The molecule has 192 valence electrons. The van der Waals surface area contributed by atoms with Crippen molar-refractivity contribution in [3.05, 3.63) is 11.8 Å². The Hall–Kier alpha value is -0.870. The van der Waals surface area contributed by atoms with E-state index < -0.39 is 5.41 Å². The van der Waals surface area contributed by atoms with Gasteiger partial charge in [0.1, 0.15) is 0 Å². The lowest BCUT2D eigenvalue weighted by atomic mass is 9.36. The zero-order valence-corrected chi connectivity index (χ0v) is 22.8. The number of carbonyl (C=O) groups excluding carboxylic acids is 1. The molecule has 0 aromatic rings. The molecule has 0 aromatic heterocycles. The first kappa shape index (κ1) is 24.8. The Labute approximate surface area is 206 Å². The number of ketones is 1. The average molecular weight is 473 g/mol. The third-order valence-electron chi connectivity index (χ3n) is 12.4. The maximum absolute atomic E-state index is 12.9. The first-order chi connectivity index (χ1) is 15.5. The van der Waals surface area contributed by atoms with Crippen molar-refractivity contribution in [3.63, 3.8) is 0 Å². The highest BCUT2D eigenvalue weighted by molar-refractivity contribution is 5.98. The molecule has 34 heavy (non-hydrogen) atoms. The maximum atomic E-state index is 12.9. The van der Waals surface area contributed by atoms with Crippen LogP contribution in [0.5, 0.6) is 0 Å². The number of hydrogen-bond acceptors (Lipinski definition) is 4. The van der Waals surface area contributed by atoms with E-state index >= 15 is 0 Å². The van der Waals surface area contributed by atoms with E-state index in [4.69, 9.17) is 4.74 Å². The predicted octanol–water partition coefficient (Wildman–Crippen LogP) is 6.61. The van der Waals surface area contributed by atoms with E-state index in [0.717, 1.165) is 44.9 Å². The van der Waals surface area contributed by atoms with Crippen LogP contribution in [0.25, 0.3) is 0 Å². The van der Waals surface area contributed by atoms with Gasteiger partial charge in [-0.3, -0.25) is 4.79 Å². The summed E-state index contributed by atoms with van der Waals surface area (Å²) >= 11 is 0. The van der Waals surface area contributed by atoms with E-state index in [1.54, 1.807) is 0 Å². The number of fused-ring (bicyclic) bond motifs is 5. The number of Topliss-reactive ketones (excluding diaryl/α,β-unsaturated/α-hetero) is 1. The van der Waals surface area contributed by atoms with Gasteiger partial charge in [-0.05, 0) is 118 Å². The summed E-state index contributed by atoms with van der Waals surface area (Å²) in [6, 6.07) is 0. The molecule has 3 unspecified atom stereocenters. The Morgan fingerprint density at radius 1 is 0.882 bits per heavy atom. The molecule has 0 aromatic carbocycles. The van der Waals surface area contributed by atoms with Crippen molar-refractivity contribution < 1.29 is 19.7 Å². The van der Waals surface area contributed by atoms with Gasteiger partial charge in [0, 0.05) is 5.41 Å². The monoisotopic (exact) mass is 472 g/mol. The molecule has 0 amide bonds. The van der Waals surface area contributed by atoms with Gasteiger partial charge < -0.3 is 14.9 Å². The molecule has 4 nitrogen and oxygen atoms in total. The molecule has 9 atom stereocenters. The third-order valence-corrected chi connectivity index (χ3v) is 12.4. The molecule has 0 spiro atoms. The molecule has 4 heteroatoms. The minimum atomic E-state index is -0.579. The highest BCUT2D eigenvalue weighted by Crippen LogP contribution is 2.75. The second kappa shape index (κ2) is 7.12. The van der Waals surface area contributed by atoms with Gasteiger partial charge in [-0.15, -0.1) is 0 Å². The SMILES string of the molecule is CC1(C)CCC[C@](C)([C@H]2CC[C@]3(C)C2[C@H](O)CC2[C@@]4(C)C=C(O)C(=O)C(C)(C)C4CC[C@]23C)O1. The van der Waals surface area contributed by atoms with Crippen LogP contribution < -0.4 is 0 Å². The maximum Gasteiger partial charge on any atom is 0.202 e. The van der Waals surface area contributed by atoms with Crippen LogP contribution in [0, 0.1) is 45.3 Å². The van der Waals surface area contributed by atoms with Gasteiger partial charge in [-0.2, -0.15) is 0 Å². The molecular formula is C30H48O4. The van der Waals surface area contributed by atoms with Crippen molar-refractivity contribution in [2.45, 2.75) is 124 Å². The topological polar surface area (TPSA) is 66.8 Å². The number of carbonyl (C=O) groups is 1. The van der Waals surface area contributed by atoms with Crippen LogP contribution in [0.2, 0.25) is 0 Å². The highest BCUT2D eigenvalue weighted by Gasteiger charge is 2.71. The number of ether oxygens (including phenoxy) is 1. The molecule has 2 N–H and O–H groups in total. The molecular weight excluding hydrogens is 424 g/mol. The predicted molar refractivity (Wildman–Crippen MR) is 134 cm³/mol. The summed E-state index contributed by atoms with van der Waals surface area (Å²) in [6.07, 6.45) is 9.92. The lowest BCUT2D eigenvalue weighted by molar-refractivity contribution is -0.239. The molecule has 1 heterocycles. The Morgan fingerprint density at radius 3 is 2.18 bits per heavy atom. The number of aliphatic hydroxyl groups is 2. The van der Waals surface area contributed by atoms with Crippen LogP contribution in [0.1, 0.15) is 107 Å². The zero-order valence-electron chi connectivity index (χ0n) is 22.8. The van der Waals surface area contributed by atoms with Gasteiger partial charge in [0.05, 0.1) is 17.3 Å². The quantitative estimate of drug-likeness (QED) is 0.450. The van der Waals surface area contributed by atoms with Crippen LogP contribution in [-0.2, 0) is 9.53 Å². The summed E-state index contributed by atoms with van der Waals surface area (Å²) in [5, 5.41) is 22.6. The lowest BCUT2D eigenvalue weighted by Gasteiger charge is -2.69. The van der Waals surface area contributed by atoms with Crippen molar-refractivity contribution in [1.29, 1.82) is 0 Å². The fraction of sp³-hybridized carbons (Fsp3) is 0.900. The number of rotatable bonds is 1. The molecule has 5 rings (SSSR count). The van der Waals surface area contributed by atoms with Gasteiger partial charge >= 0.3 is 0 Å². The van der Waals surface area contributed by atoms with Crippen LogP contribution in [0.15, 0.2) is 11.8 Å². The Bertz CT molecular complexity index is 919. The highest BCUT2D eigenvalue weighted by atomic mass is 16.5. The normalized spacial score (nSPS) is 54.0. The van der Waals surface area contributed by atoms with E-state index in [2.05, 4.69) is 41.5 Å². The van der Waals surface area contributed by atoms with Crippen molar-refractivity contribution >= 4 is 5.78 Å². The van der Waals surface area contributed by atoms with Crippen molar-refractivity contribution in [3.8, 4) is 0 Å². The van der Waals surface area contributed by atoms with Gasteiger partial charge in [-0.25, -0.2) is 0 Å². The van der Waals surface area contributed by atoms with Crippen LogP contribution >= 0.6 is 0 Å². The summed E-state index contributed by atoms with van der Waals surface area (Å²) in [5.74, 6) is 0.826. The summed E-state index contributed by atoms with van der Waals surface area (Å²) in [5.41, 5.74) is -1.11. The lowest BCUT2D eigenvalue weighted by Crippen LogP contribution is -2.66. The molecule has 0 radical (unpaired) electrons. The first-order valence-electron chi connectivity index (χ1n) is 13.9. The molecule has 0 bridgehead atoms. The Kier molecular flexibility index (Phi) is 5.20. The molecule has 3 saturated carbocycles. The van der Waals surface area contributed by atoms with E-state index in [-0.39, 0.29) is 62.8 Å². The Morgan fingerprint density at radius 2 is 1.53 bits per heavy atom. The van der Waals surface area contributed by atoms with E-state index in [1.165, 1.54) is 6.42 Å². The zero-order chi connectivity index (χ0) is 25.1. The first-order valence-corrected chi connectivity index (χ1v) is 13.9. The van der Waals surface area contributed by atoms with E-state index in [9.17, 15) is 15.0 Å². The largest absolute Gasteiger partial charge is 0.505 e. The van der Waals surface area contributed by atoms with Crippen molar-refractivity contribution in [2.24, 2.45) is 45.3 Å². The van der Waals surface area contributed by atoms with Gasteiger partial charge in [0.15, 0.2) is 5.76 Å². The van der Waals surface area contributed by atoms with E-state index in [0.29, 0.717) is 5.92 Å². The minimum Gasteiger partial charge on any atom is -0.505 e. The van der Waals surface area contributed by atoms with E-state index in [1.807, 2.05) is 19.9 Å².